The number of anilines is 1. The van der Waals surface area contributed by atoms with Crippen LogP contribution in [0.5, 0.6) is 11.5 Å². The maximum absolute atomic E-state index is 5.29. The van der Waals surface area contributed by atoms with Crippen LogP contribution in [0.1, 0.15) is 16.7 Å². The summed E-state index contributed by atoms with van der Waals surface area (Å²) in [5.74, 6) is 1.36. The third kappa shape index (κ3) is 4.03. The zero-order valence-electron chi connectivity index (χ0n) is 15.2. The van der Waals surface area contributed by atoms with Gasteiger partial charge in [-0.2, -0.15) is 5.10 Å². The van der Waals surface area contributed by atoms with Crippen LogP contribution in [-0.2, 0) is 0 Å². The quantitative estimate of drug-likeness (QED) is 0.498. The van der Waals surface area contributed by atoms with Gasteiger partial charge in [-0.05, 0) is 54.8 Å². The molecule has 0 fully saturated rings. The standard InChI is InChI=1S/C20H21N3O2S/c1-13-5-7-16(9-14(13)2)17-12-26-20(22-17)23-21-11-15-6-8-18(24-3)19(10-15)25-4/h5-12H,1-4H3,(H,22,23)/b21-11-. The zero-order valence-corrected chi connectivity index (χ0v) is 16.1. The molecule has 6 heteroatoms. The average molecular weight is 367 g/mol. The van der Waals surface area contributed by atoms with Crippen molar-refractivity contribution in [2.75, 3.05) is 19.6 Å². The first-order valence-corrected chi connectivity index (χ1v) is 9.03. The number of aromatic nitrogens is 1. The SMILES string of the molecule is COc1ccc(/C=N\Nc2nc(-c3ccc(C)c(C)c3)cs2)cc1OC. The lowest BCUT2D eigenvalue weighted by molar-refractivity contribution is 0.355. The summed E-state index contributed by atoms with van der Waals surface area (Å²) in [6.07, 6.45) is 1.72. The lowest BCUT2D eigenvalue weighted by Crippen LogP contribution is -1.94. The van der Waals surface area contributed by atoms with E-state index in [9.17, 15) is 0 Å². The highest BCUT2D eigenvalue weighted by atomic mass is 32.1. The molecule has 1 heterocycles. The third-order valence-corrected chi connectivity index (χ3v) is 4.84. The predicted octanol–water partition coefficient (Wildman–Crippen LogP) is 4.89. The molecule has 26 heavy (non-hydrogen) atoms. The van der Waals surface area contributed by atoms with E-state index in [2.05, 4.69) is 47.6 Å². The van der Waals surface area contributed by atoms with Crippen molar-refractivity contribution in [2.24, 2.45) is 5.10 Å². The molecule has 0 unspecified atom stereocenters. The zero-order chi connectivity index (χ0) is 18.5. The first-order chi connectivity index (χ1) is 12.6. The molecule has 0 aliphatic rings. The lowest BCUT2D eigenvalue weighted by Gasteiger charge is -2.07. The molecular weight excluding hydrogens is 346 g/mol. The summed E-state index contributed by atoms with van der Waals surface area (Å²) in [7, 11) is 3.23. The second kappa shape index (κ2) is 8.01. The number of benzene rings is 2. The van der Waals surface area contributed by atoms with Gasteiger partial charge in [-0.3, -0.25) is 5.43 Å². The van der Waals surface area contributed by atoms with E-state index in [0.717, 1.165) is 22.0 Å². The number of hydrazone groups is 1. The van der Waals surface area contributed by atoms with Crippen LogP contribution in [0.4, 0.5) is 5.13 Å². The van der Waals surface area contributed by atoms with E-state index < -0.39 is 0 Å². The summed E-state index contributed by atoms with van der Waals surface area (Å²) in [5.41, 5.74) is 8.48. The van der Waals surface area contributed by atoms with E-state index in [4.69, 9.17) is 9.47 Å². The average Bonchev–Trinajstić information content (AvgIpc) is 3.12. The van der Waals surface area contributed by atoms with Gasteiger partial charge in [0.15, 0.2) is 11.5 Å². The van der Waals surface area contributed by atoms with Gasteiger partial charge in [-0.1, -0.05) is 12.1 Å². The van der Waals surface area contributed by atoms with Crippen molar-refractivity contribution in [3.05, 3.63) is 58.5 Å². The Hall–Kier alpha value is -2.86. The Bertz CT molecular complexity index is 935. The summed E-state index contributed by atoms with van der Waals surface area (Å²) < 4.78 is 10.5. The van der Waals surface area contributed by atoms with Crippen LogP contribution in [0.15, 0.2) is 46.9 Å². The highest BCUT2D eigenvalue weighted by Gasteiger charge is 2.06. The monoisotopic (exact) mass is 367 g/mol. The molecule has 0 spiro atoms. The molecular formula is C20H21N3O2S. The van der Waals surface area contributed by atoms with Gasteiger partial charge < -0.3 is 9.47 Å². The van der Waals surface area contributed by atoms with E-state index in [1.807, 2.05) is 23.6 Å². The van der Waals surface area contributed by atoms with Crippen LogP contribution in [0.3, 0.4) is 0 Å². The Kier molecular flexibility index (Phi) is 5.53. The smallest absolute Gasteiger partial charge is 0.203 e. The van der Waals surface area contributed by atoms with E-state index in [1.54, 1.807) is 20.4 Å². The van der Waals surface area contributed by atoms with E-state index >= 15 is 0 Å². The summed E-state index contributed by atoms with van der Waals surface area (Å²) in [6, 6.07) is 12.0. The minimum absolute atomic E-state index is 0.669. The van der Waals surface area contributed by atoms with Crippen molar-refractivity contribution in [3.8, 4) is 22.8 Å². The van der Waals surface area contributed by atoms with E-state index in [-0.39, 0.29) is 0 Å². The van der Waals surface area contributed by atoms with Crippen molar-refractivity contribution in [3.63, 3.8) is 0 Å². The molecule has 2 aromatic carbocycles. The van der Waals surface area contributed by atoms with Gasteiger partial charge in [0.25, 0.3) is 0 Å². The van der Waals surface area contributed by atoms with E-state index in [1.165, 1.54) is 22.5 Å². The second-order valence-electron chi connectivity index (χ2n) is 5.82. The largest absolute Gasteiger partial charge is 0.493 e. The molecule has 134 valence electrons. The van der Waals surface area contributed by atoms with Crippen molar-refractivity contribution < 1.29 is 9.47 Å². The van der Waals surface area contributed by atoms with Gasteiger partial charge in [0.05, 0.1) is 26.1 Å². The second-order valence-corrected chi connectivity index (χ2v) is 6.68. The number of methoxy groups -OCH3 is 2. The number of hydrogen-bond acceptors (Lipinski definition) is 6. The number of aryl methyl sites for hydroxylation is 2. The molecule has 0 saturated heterocycles. The Morgan fingerprint density at radius 1 is 1.00 bits per heavy atom. The summed E-state index contributed by atoms with van der Waals surface area (Å²) in [6.45, 7) is 4.22. The fourth-order valence-corrected chi connectivity index (χ4v) is 3.12. The van der Waals surface area contributed by atoms with Crippen LogP contribution >= 0.6 is 11.3 Å². The molecule has 0 bridgehead atoms. The van der Waals surface area contributed by atoms with Crippen LogP contribution in [0.25, 0.3) is 11.3 Å². The number of hydrogen-bond donors (Lipinski definition) is 1. The molecule has 5 nitrogen and oxygen atoms in total. The number of thiazole rings is 1. The Morgan fingerprint density at radius 2 is 1.81 bits per heavy atom. The molecule has 0 amide bonds. The fourth-order valence-electron chi connectivity index (χ4n) is 2.45. The van der Waals surface area contributed by atoms with Crippen LogP contribution in [0.2, 0.25) is 0 Å². The molecule has 0 atom stereocenters. The predicted molar refractivity (Wildman–Crippen MR) is 108 cm³/mol. The number of nitrogens with zero attached hydrogens (tertiary/aromatic N) is 2. The number of nitrogens with one attached hydrogen (secondary N) is 1. The first kappa shape index (κ1) is 17.9. The minimum Gasteiger partial charge on any atom is -0.493 e. The van der Waals surface area contributed by atoms with Gasteiger partial charge in [0.2, 0.25) is 5.13 Å². The van der Waals surface area contributed by atoms with E-state index in [0.29, 0.717) is 11.5 Å². The highest BCUT2D eigenvalue weighted by molar-refractivity contribution is 7.14. The van der Waals surface area contributed by atoms with Crippen molar-refractivity contribution in [1.82, 2.24) is 4.98 Å². The van der Waals surface area contributed by atoms with Crippen LogP contribution in [0, 0.1) is 13.8 Å². The summed E-state index contributed by atoms with van der Waals surface area (Å²) in [4.78, 5) is 4.59. The molecule has 3 rings (SSSR count). The third-order valence-electron chi connectivity index (χ3n) is 4.09. The maximum Gasteiger partial charge on any atom is 0.203 e. The van der Waals surface area contributed by atoms with Crippen LogP contribution < -0.4 is 14.9 Å². The molecule has 0 radical (unpaired) electrons. The van der Waals surface area contributed by atoms with Crippen molar-refractivity contribution in [1.29, 1.82) is 0 Å². The molecule has 3 aromatic rings. The summed E-state index contributed by atoms with van der Waals surface area (Å²) >= 11 is 1.52. The van der Waals surface area contributed by atoms with Gasteiger partial charge in [0, 0.05) is 10.9 Å². The lowest BCUT2D eigenvalue weighted by atomic mass is 10.1. The maximum atomic E-state index is 5.29. The topological polar surface area (TPSA) is 55.7 Å². The number of rotatable bonds is 6. The van der Waals surface area contributed by atoms with Crippen LogP contribution in [-0.4, -0.2) is 25.4 Å². The molecule has 0 saturated carbocycles. The Morgan fingerprint density at radius 3 is 2.54 bits per heavy atom. The molecule has 1 N–H and O–H groups in total. The summed E-state index contributed by atoms with van der Waals surface area (Å²) in [5, 5.41) is 7.03. The minimum atomic E-state index is 0.669. The first-order valence-electron chi connectivity index (χ1n) is 8.15. The number of ether oxygens (including phenoxy) is 2. The van der Waals surface area contributed by atoms with Crippen molar-refractivity contribution in [2.45, 2.75) is 13.8 Å². The van der Waals surface area contributed by atoms with Gasteiger partial charge in [-0.15, -0.1) is 11.3 Å². The molecule has 0 aliphatic carbocycles. The van der Waals surface area contributed by atoms with Gasteiger partial charge in [-0.25, -0.2) is 4.98 Å². The Labute approximate surface area is 157 Å². The normalized spacial score (nSPS) is 10.9. The fraction of sp³-hybridized carbons (Fsp3) is 0.200. The molecule has 0 aliphatic heterocycles. The Balaban J connectivity index is 1.70. The van der Waals surface area contributed by atoms with Gasteiger partial charge in [0.1, 0.15) is 0 Å². The highest BCUT2D eigenvalue weighted by Crippen LogP contribution is 2.28. The molecule has 1 aromatic heterocycles. The van der Waals surface area contributed by atoms with Crippen molar-refractivity contribution >= 4 is 22.7 Å². The van der Waals surface area contributed by atoms with Gasteiger partial charge >= 0.3 is 0 Å².